The molecule has 1 aliphatic carbocycles. The Labute approximate surface area is 85.5 Å². The van der Waals surface area contributed by atoms with Crippen LogP contribution in [0.5, 0.6) is 0 Å². The van der Waals surface area contributed by atoms with Crippen LogP contribution in [-0.4, -0.2) is 17.0 Å². The molecular formula is C11H10F2O2. The molecule has 0 aliphatic heterocycles. The Bertz CT molecular complexity index is 376. The van der Waals surface area contributed by atoms with Gasteiger partial charge in [0.2, 0.25) is 0 Å². The summed E-state index contributed by atoms with van der Waals surface area (Å²) in [6.45, 7) is 0. The lowest BCUT2D eigenvalue weighted by atomic mass is 9.98. The maximum atomic E-state index is 13.2. The summed E-state index contributed by atoms with van der Waals surface area (Å²) >= 11 is 0. The predicted molar refractivity (Wildman–Crippen MR) is 49.9 cm³/mol. The average molecular weight is 212 g/mol. The molecule has 0 saturated carbocycles. The summed E-state index contributed by atoms with van der Waals surface area (Å²) in [6.07, 6.45) is 0.297. The van der Waals surface area contributed by atoms with Gasteiger partial charge in [0.05, 0.1) is 0 Å². The fourth-order valence-corrected chi connectivity index (χ4v) is 1.99. The quantitative estimate of drug-likeness (QED) is 0.815. The van der Waals surface area contributed by atoms with Crippen LogP contribution in [0.4, 0.5) is 8.78 Å². The lowest BCUT2D eigenvalue weighted by Crippen LogP contribution is -2.37. The van der Waals surface area contributed by atoms with E-state index in [0.29, 0.717) is 0 Å². The van der Waals surface area contributed by atoms with E-state index in [0.717, 1.165) is 11.1 Å². The average Bonchev–Trinajstić information content (AvgIpc) is 2.61. The number of hydrogen-bond acceptors (Lipinski definition) is 1. The van der Waals surface area contributed by atoms with Gasteiger partial charge in [-0.15, -0.1) is 0 Å². The number of benzene rings is 1. The lowest BCUT2D eigenvalue weighted by Gasteiger charge is -2.17. The van der Waals surface area contributed by atoms with Crippen molar-refractivity contribution in [3.05, 3.63) is 35.4 Å². The third-order valence-corrected chi connectivity index (χ3v) is 2.85. The molecule has 0 aromatic heterocycles. The summed E-state index contributed by atoms with van der Waals surface area (Å²) in [5.74, 6) is -6.76. The number of carboxylic acids is 1. The molecule has 1 aliphatic rings. The minimum atomic E-state index is -3.63. The van der Waals surface area contributed by atoms with Gasteiger partial charge in [-0.1, -0.05) is 24.3 Å². The number of rotatable bonds is 2. The minimum Gasteiger partial charge on any atom is -0.477 e. The molecule has 0 unspecified atom stereocenters. The number of alkyl halides is 2. The number of aliphatic carboxylic acids is 1. The van der Waals surface area contributed by atoms with Crippen LogP contribution >= 0.6 is 0 Å². The summed E-state index contributed by atoms with van der Waals surface area (Å²) in [5, 5.41) is 8.43. The predicted octanol–water partition coefficient (Wildman–Crippen LogP) is 2.12. The van der Waals surface area contributed by atoms with E-state index in [1.807, 2.05) is 0 Å². The zero-order valence-corrected chi connectivity index (χ0v) is 7.91. The molecule has 1 aromatic carbocycles. The first-order valence-corrected chi connectivity index (χ1v) is 4.70. The van der Waals surface area contributed by atoms with Crippen LogP contribution in [0.1, 0.15) is 11.1 Å². The Kier molecular flexibility index (Phi) is 2.21. The monoisotopic (exact) mass is 212 g/mol. The van der Waals surface area contributed by atoms with Crippen LogP contribution in [0, 0.1) is 5.92 Å². The number of hydrogen-bond donors (Lipinski definition) is 1. The number of fused-ring (bicyclic) bond motifs is 1. The fraction of sp³-hybridized carbons (Fsp3) is 0.364. The Morgan fingerprint density at radius 3 is 2.13 bits per heavy atom. The molecule has 0 fully saturated rings. The van der Waals surface area contributed by atoms with Gasteiger partial charge in [-0.25, -0.2) is 4.79 Å². The molecular weight excluding hydrogens is 202 g/mol. The van der Waals surface area contributed by atoms with Crippen LogP contribution < -0.4 is 0 Å². The van der Waals surface area contributed by atoms with Crippen molar-refractivity contribution in [1.82, 2.24) is 0 Å². The van der Waals surface area contributed by atoms with Crippen molar-refractivity contribution >= 4 is 5.97 Å². The highest BCUT2D eigenvalue weighted by atomic mass is 19.3. The van der Waals surface area contributed by atoms with E-state index in [-0.39, 0.29) is 12.8 Å². The van der Waals surface area contributed by atoms with Crippen molar-refractivity contribution in [1.29, 1.82) is 0 Å². The van der Waals surface area contributed by atoms with E-state index in [9.17, 15) is 13.6 Å². The maximum absolute atomic E-state index is 13.2. The first-order valence-electron chi connectivity index (χ1n) is 4.70. The molecule has 2 nitrogen and oxygen atoms in total. The topological polar surface area (TPSA) is 37.3 Å². The number of carbonyl (C=O) groups is 1. The van der Waals surface area contributed by atoms with Gasteiger partial charge in [0.1, 0.15) is 0 Å². The van der Waals surface area contributed by atoms with E-state index in [1.54, 1.807) is 24.3 Å². The van der Waals surface area contributed by atoms with Gasteiger partial charge in [-0.05, 0) is 24.0 Å². The smallest absolute Gasteiger partial charge is 0.374 e. The van der Waals surface area contributed by atoms with E-state index in [4.69, 9.17) is 5.11 Å². The molecule has 80 valence electrons. The first kappa shape index (κ1) is 10.1. The Morgan fingerprint density at radius 2 is 1.73 bits per heavy atom. The normalized spacial score (nSPS) is 16.4. The van der Waals surface area contributed by atoms with Crippen LogP contribution in [0.25, 0.3) is 0 Å². The van der Waals surface area contributed by atoms with Gasteiger partial charge in [0.15, 0.2) is 0 Å². The highest BCUT2D eigenvalue weighted by molar-refractivity contribution is 5.76. The molecule has 1 N–H and O–H groups in total. The zero-order chi connectivity index (χ0) is 11.1. The molecule has 0 radical (unpaired) electrons. The lowest BCUT2D eigenvalue weighted by molar-refractivity contribution is -0.172. The summed E-state index contributed by atoms with van der Waals surface area (Å²) in [7, 11) is 0. The molecule has 0 saturated heterocycles. The van der Waals surface area contributed by atoms with E-state index in [2.05, 4.69) is 0 Å². The minimum absolute atomic E-state index is 0.148. The van der Waals surface area contributed by atoms with Crippen molar-refractivity contribution < 1.29 is 18.7 Å². The third kappa shape index (κ3) is 1.60. The van der Waals surface area contributed by atoms with Crippen molar-refractivity contribution in [2.45, 2.75) is 18.8 Å². The van der Waals surface area contributed by atoms with Gasteiger partial charge >= 0.3 is 11.9 Å². The SMILES string of the molecule is O=C(O)C(F)(F)C1Cc2ccccc2C1. The van der Waals surface area contributed by atoms with Crippen molar-refractivity contribution in [3.63, 3.8) is 0 Å². The second-order valence-electron chi connectivity index (χ2n) is 3.80. The van der Waals surface area contributed by atoms with Crippen molar-refractivity contribution in [3.8, 4) is 0 Å². The largest absolute Gasteiger partial charge is 0.477 e. The van der Waals surface area contributed by atoms with Crippen LogP contribution in [0.15, 0.2) is 24.3 Å². The number of carboxylic acid groups (broad SMARTS) is 1. The summed E-state index contributed by atoms with van der Waals surface area (Å²) in [5.41, 5.74) is 1.67. The van der Waals surface area contributed by atoms with E-state index in [1.165, 1.54) is 0 Å². The molecule has 0 spiro atoms. The fourth-order valence-electron chi connectivity index (χ4n) is 1.99. The Balaban J connectivity index is 2.24. The van der Waals surface area contributed by atoms with Crippen LogP contribution in [0.3, 0.4) is 0 Å². The zero-order valence-electron chi connectivity index (χ0n) is 7.91. The standard InChI is InChI=1S/C11H10F2O2/c12-11(13,10(14)15)9-5-7-3-1-2-4-8(7)6-9/h1-4,9H,5-6H2,(H,14,15). The van der Waals surface area contributed by atoms with Gasteiger partial charge in [0.25, 0.3) is 0 Å². The highest BCUT2D eigenvalue weighted by Crippen LogP contribution is 2.37. The second-order valence-corrected chi connectivity index (χ2v) is 3.80. The van der Waals surface area contributed by atoms with Crippen molar-refractivity contribution in [2.24, 2.45) is 5.92 Å². The van der Waals surface area contributed by atoms with Gasteiger partial charge in [-0.3, -0.25) is 0 Å². The van der Waals surface area contributed by atoms with Gasteiger partial charge in [0, 0.05) is 5.92 Å². The molecule has 15 heavy (non-hydrogen) atoms. The second kappa shape index (κ2) is 3.29. The van der Waals surface area contributed by atoms with Gasteiger partial charge < -0.3 is 5.11 Å². The van der Waals surface area contributed by atoms with E-state index >= 15 is 0 Å². The molecule has 0 atom stereocenters. The molecule has 2 rings (SSSR count). The number of halogens is 2. The maximum Gasteiger partial charge on any atom is 0.374 e. The summed E-state index contributed by atoms with van der Waals surface area (Å²) in [4.78, 5) is 10.4. The Morgan fingerprint density at radius 1 is 1.27 bits per heavy atom. The molecule has 4 heteroatoms. The molecule has 0 bridgehead atoms. The highest BCUT2D eigenvalue weighted by Gasteiger charge is 2.49. The Hall–Kier alpha value is -1.45. The summed E-state index contributed by atoms with van der Waals surface area (Å²) < 4.78 is 26.4. The van der Waals surface area contributed by atoms with Gasteiger partial charge in [-0.2, -0.15) is 8.78 Å². The van der Waals surface area contributed by atoms with E-state index < -0.39 is 17.8 Å². The third-order valence-electron chi connectivity index (χ3n) is 2.85. The molecule has 0 amide bonds. The first-order chi connectivity index (χ1) is 7.01. The molecule has 0 heterocycles. The van der Waals surface area contributed by atoms with Crippen LogP contribution in [0.2, 0.25) is 0 Å². The summed E-state index contributed by atoms with van der Waals surface area (Å²) in [6, 6.07) is 7.10. The molecule has 1 aromatic rings. The van der Waals surface area contributed by atoms with Crippen LogP contribution in [-0.2, 0) is 17.6 Å². The van der Waals surface area contributed by atoms with Crippen molar-refractivity contribution in [2.75, 3.05) is 0 Å².